The lowest BCUT2D eigenvalue weighted by atomic mass is 10.1. The number of piperazine rings is 1. The minimum atomic E-state index is -0.501. The lowest BCUT2D eigenvalue weighted by Gasteiger charge is -2.35. The van der Waals surface area contributed by atoms with Crippen molar-refractivity contribution in [3.05, 3.63) is 121 Å². The minimum absolute atomic E-state index is 0.0103. The van der Waals surface area contributed by atoms with E-state index in [0.29, 0.717) is 72.8 Å². The van der Waals surface area contributed by atoms with Gasteiger partial charge in [-0.1, -0.05) is 41.9 Å². The normalized spacial score (nSPS) is 13.2. The Hall–Kier alpha value is -5.63. The smallest absolute Gasteiger partial charge is 0.269 e. The number of nitro benzene ring substituents is 2. The van der Waals surface area contributed by atoms with E-state index in [1.807, 2.05) is 33.7 Å². The molecule has 0 bridgehead atoms. The summed E-state index contributed by atoms with van der Waals surface area (Å²) in [7, 11) is 0. The lowest BCUT2D eigenvalue weighted by Crippen LogP contribution is -2.49. The molecule has 5 aromatic rings. The second-order valence-corrected chi connectivity index (χ2v) is 10.8. The van der Waals surface area contributed by atoms with Crippen LogP contribution in [0.15, 0.2) is 79.1 Å². The molecule has 14 nitrogen and oxygen atoms in total. The van der Waals surface area contributed by atoms with Crippen LogP contribution in [0.4, 0.5) is 23.1 Å². The van der Waals surface area contributed by atoms with Gasteiger partial charge in [0.15, 0.2) is 17.0 Å². The van der Waals surface area contributed by atoms with Gasteiger partial charge in [-0.25, -0.2) is 4.98 Å². The number of rotatable bonds is 9. The maximum absolute atomic E-state index is 13.1. The number of carbonyl (C=O) groups is 1. The Morgan fingerprint density at radius 3 is 2.16 bits per heavy atom. The number of hydrogen-bond acceptors (Lipinski definition) is 10. The number of aromatic nitrogens is 4. The van der Waals surface area contributed by atoms with Crippen molar-refractivity contribution in [3.8, 4) is 0 Å². The van der Waals surface area contributed by atoms with Crippen molar-refractivity contribution in [1.82, 2.24) is 24.4 Å². The zero-order chi connectivity index (χ0) is 31.5. The Morgan fingerprint density at radius 2 is 1.51 bits per heavy atom. The van der Waals surface area contributed by atoms with Gasteiger partial charge in [0.1, 0.15) is 0 Å². The summed E-state index contributed by atoms with van der Waals surface area (Å²) in [4.78, 5) is 52.2. The van der Waals surface area contributed by atoms with Gasteiger partial charge in [-0.3, -0.25) is 25.0 Å². The van der Waals surface area contributed by atoms with Crippen molar-refractivity contribution in [3.63, 3.8) is 0 Å². The molecule has 1 amide bonds. The molecule has 0 spiro atoms. The molecular formula is C30H26ClN9O5. The number of hydrogen-bond donors (Lipinski definition) is 1. The average molecular weight is 628 g/mol. The topological polar surface area (TPSA) is 165 Å². The van der Waals surface area contributed by atoms with E-state index in [0.717, 1.165) is 11.1 Å². The number of amides is 1. The van der Waals surface area contributed by atoms with Crippen LogP contribution in [0, 0.1) is 20.2 Å². The van der Waals surface area contributed by atoms with Crippen molar-refractivity contribution in [2.45, 2.75) is 13.1 Å². The number of carbonyl (C=O) groups excluding carboxylic acids is 1. The maximum Gasteiger partial charge on any atom is 0.269 e. The first-order valence-electron chi connectivity index (χ1n) is 14.0. The van der Waals surface area contributed by atoms with Gasteiger partial charge < -0.3 is 19.7 Å². The number of benzene rings is 3. The fraction of sp³-hybridized carbons (Fsp3) is 0.200. The van der Waals surface area contributed by atoms with Crippen LogP contribution >= 0.6 is 11.6 Å². The standard InChI is InChI=1S/C30H26ClN9O5/c31-25-4-2-1-3-22(25)17-32-27-26-28(38(19-33-26)18-20-5-9-23(10-6-20)39(42)43)35-30(34-27)37-15-13-36(14-16-37)29(41)21-7-11-24(12-8-21)40(44)45/h1-12,19H,13-18H2,(H,32,34,35). The number of imidazole rings is 1. The quantitative estimate of drug-likeness (QED) is 0.175. The molecule has 0 aliphatic carbocycles. The van der Waals surface area contributed by atoms with Crippen LogP contribution in [-0.2, 0) is 13.1 Å². The summed E-state index contributed by atoms with van der Waals surface area (Å²) in [5.41, 5.74) is 3.17. The minimum Gasteiger partial charge on any atom is -0.364 e. The van der Waals surface area contributed by atoms with Crippen LogP contribution in [0.25, 0.3) is 11.2 Å². The lowest BCUT2D eigenvalue weighted by molar-refractivity contribution is -0.385. The first-order valence-corrected chi connectivity index (χ1v) is 14.4. The van der Waals surface area contributed by atoms with Gasteiger partial charge in [0.25, 0.3) is 17.3 Å². The monoisotopic (exact) mass is 627 g/mol. The molecule has 228 valence electrons. The number of nitrogens with one attached hydrogen (secondary N) is 1. The zero-order valence-electron chi connectivity index (χ0n) is 23.7. The van der Waals surface area contributed by atoms with Gasteiger partial charge >= 0.3 is 0 Å². The maximum atomic E-state index is 13.1. The molecule has 45 heavy (non-hydrogen) atoms. The molecule has 1 saturated heterocycles. The number of non-ortho nitro benzene ring substituents is 2. The number of nitro groups is 2. The van der Waals surface area contributed by atoms with E-state index in [2.05, 4.69) is 10.3 Å². The molecule has 0 radical (unpaired) electrons. The van der Waals surface area contributed by atoms with E-state index in [9.17, 15) is 25.0 Å². The highest BCUT2D eigenvalue weighted by molar-refractivity contribution is 6.31. The summed E-state index contributed by atoms with van der Waals surface area (Å²) in [6.07, 6.45) is 1.66. The van der Waals surface area contributed by atoms with Gasteiger partial charge in [-0.05, 0) is 29.3 Å². The van der Waals surface area contributed by atoms with Crippen LogP contribution in [0.1, 0.15) is 21.5 Å². The Kier molecular flexibility index (Phi) is 8.20. The zero-order valence-corrected chi connectivity index (χ0v) is 24.5. The molecule has 0 atom stereocenters. The fourth-order valence-electron chi connectivity index (χ4n) is 5.07. The predicted octanol–water partition coefficient (Wildman–Crippen LogP) is 4.92. The number of anilines is 2. The van der Waals surface area contributed by atoms with Crippen molar-refractivity contribution >= 4 is 51.8 Å². The van der Waals surface area contributed by atoms with Crippen molar-refractivity contribution in [2.75, 3.05) is 36.4 Å². The number of nitrogens with zero attached hydrogens (tertiary/aromatic N) is 8. The molecule has 6 rings (SSSR count). The van der Waals surface area contributed by atoms with Crippen molar-refractivity contribution < 1.29 is 14.6 Å². The summed E-state index contributed by atoms with van der Waals surface area (Å²) >= 11 is 6.39. The highest BCUT2D eigenvalue weighted by Crippen LogP contribution is 2.26. The number of halogens is 1. The Labute approximate surface area is 261 Å². The van der Waals surface area contributed by atoms with Crippen molar-refractivity contribution in [2.24, 2.45) is 0 Å². The van der Waals surface area contributed by atoms with Gasteiger partial charge in [0, 0.05) is 67.6 Å². The summed E-state index contributed by atoms with van der Waals surface area (Å²) in [5, 5.41) is 26.0. The van der Waals surface area contributed by atoms with Crippen molar-refractivity contribution in [1.29, 1.82) is 0 Å². The molecule has 3 aromatic carbocycles. The van der Waals surface area contributed by atoms with Gasteiger partial charge in [0.2, 0.25) is 5.95 Å². The second-order valence-electron chi connectivity index (χ2n) is 10.4. The van der Waals surface area contributed by atoms with E-state index in [4.69, 9.17) is 21.6 Å². The van der Waals surface area contributed by atoms with Crippen LogP contribution in [0.5, 0.6) is 0 Å². The van der Waals surface area contributed by atoms with Crippen LogP contribution in [0.2, 0.25) is 5.02 Å². The Bertz CT molecular complexity index is 1890. The largest absolute Gasteiger partial charge is 0.364 e. The Balaban J connectivity index is 1.25. The molecule has 0 unspecified atom stereocenters. The fourth-order valence-corrected chi connectivity index (χ4v) is 5.27. The number of fused-ring (bicyclic) bond motifs is 1. The first-order chi connectivity index (χ1) is 21.8. The molecule has 1 aliphatic rings. The first kappa shape index (κ1) is 29.4. The molecule has 15 heteroatoms. The highest BCUT2D eigenvalue weighted by Gasteiger charge is 2.26. The van der Waals surface area contributed by atoms with E-state index in [-0.39, 0.29) is 17.3 Å². The van der Waals surface area contributed by atoms with E-state index in [1.54, 1.807) is 23.4 Å². The van der Waals surface area contributed by atoms with E-state index in [1.165, 1.54) is 36.4 Å². The third-order valence-corrected chi connectivity index (χ3v) is 7.90. The molecule has 1 fully saturated rings. The van der Waals surface area contributed by atoms with E-state index < -0.39 is 9.85 Å². The molecular weight excluding hydrogens is 602 g/mol. The molecule has 2 aromatic heterocycles. The van der Waals surface area contributed by atoms with Gasteiger partial charge in [0.05, 0.1) is 22.7 Å². The summed E-state index contributed by atoms with van der Waals surface area (Å²) in [6.45, 7) is 2.52. The highest BCUT2D eigenvalue weighted by atomic mass is 35.5. The SMILES string of the molecule is O=C(c1ccc([N+](=O)[O-])cc1)N1CCN(c2nc(NCc3ccccc3Cl)c3ncn(Cc4ccc([N+](=O)[O-])cc4)c3n2)CC1. The second kappa shape index (κ2) is 12.5. The van der Waals surface area contributed by atoms with E-state index >= 15 is 0 Å². The van der Waals surface area contributed by atoms with Gasteiger partial charge in [-0.15, -0.1) is 0 Å². The third kappa shape index (κ3) is 6.35. The molecule has 1 aliphatic heterocycles. The van der Waals surface area contributed by atoms with Crippen LogP contribution < -0.4 is 10.2 Å². The third-order valence-electron chi connectivity index (χ3n) is 7.53. The summed E-state index contributed by atoms with van der Waals surface area (Å²) in [5.74, 6) is 0.767. The average Bonchev–Trinajstić information content (AvgIpc) is 3.46. The summed E-state index contributed by atoms with van der Waals surface area (Å²) in [6, 6.07) is 19.4. The summed E-state index contributed by atoms with van der Waals surface area (Å²) < 4.78 is 1.86. The predicted molar refractivity (Wildman–Crippen MR) is 168 cm³/mol. The molecule has 3 heterocycles. The molecule has 1 N–H and O–H groups in total. The van der Waals surface area contributed by atoms with Crippen LogP contribution in [0.3, 0.4) is 0 Å². The van der Waals surface area contributed by atoms with Crippen LogP contribution in [-0.4, -0.2) is 66.4 Å². The Morgan fingerprint density at radius 1 is 0.867 bits per heavy atom. The van der Waals surface area contributed by atoms with Gasteiger partial charge in [-0.2, -0.15) is 9.97 Å². The molecule has 0 saturated carbocycles.